The number of ether oxygens (including phenoxy) is 2. The van der Waals surface area contributed by atoms with Gasteiger partial charge in [-0.05, 0) is 60.7 Å². The van der Waals surface area contributed by atoms with E-state index in [-0.39, 0.29) is 24.7 Å². The molecular weight excluding hydrogens is 403 g/mol. The molecule has 4 aromatic rings. The van der Waals surface area contributed by atoms with E-state index in [4.69, 9.17) is 13.9 Å². The number of carbonyl (C=O) groups excluding carboxylic acids is 1. The molecule has 0 unspecified atom stereocenters. The Labute approximate surface area is 177 Å². The number of furan rings is 1. The summed E-state index contributed by atoms with van der Waals surface area (Å²) in [4.78, 5) is 16.7. The number of rotatable bonds is 8. The number of aromatic amines is 1. The maximum atomic E-state index is 12.9. The third-order valence-corrected chi connectivity index (χ3v) is 4.38. The number of amides is 1. The summed E-state index contributed by atoms with van der Waals surface area (Å²) in [5.41, 5.74) is 0.825. The van der Waals surface area contributed by atoms with Gasteiger partial charge >= 0.3 is 0 Å². The van der Waals surface area contributed by atoms with Gasteiger partial charge in [-0.3, -0.25) is 9.89 Å². The standard InChI is InChI=1S/C22H19FN4O4/c1-29-16-6-2-14(3-7-16)21-25-20(26-27-21)12-24-22(28)19-11-10-18(31-19)13-30-17-8-4-15(23)5-9-17/h2-11H,12-13H2,1H3,(H,24,28)(H,25,26,27). The molecule has 0 saturated heterocycles. The number of benzene rings is 2. The smallest absolute Gasteiger partial charge is 0.287 e. The number of hydrogen-bond acceptors (Lipinski definition) is 6. The summed E-state index contributed by atoms with van der Waals surface area (Å²) in [7, 11) is 1.60. The molecule has 0 saturated carbocycles. The minimum absolute atomic E-state index is 0.117. The summed E-state index contributed by atoms with van der Waals surface area (Å²) >= 11 is 0. The molecule has 0 atom stereocenters. The van der Waals surface area contributed by atoms with Crippen LogP contribution in [-0.4, -0.2) is 28.2 Å². The summed E-state index contributed by atoms with van der Waals surface area (Å²) in [6, 6.07) is 16.2. The lowest BCUT2D eigenvalue weighted by atomic mass is 10.2. The van der Waals surface area contributed by atoms with Crippen LogP contribution in [0.3, 0.4) is 0 Å². The SMILES string of the molecule is COc1ccc(-c2n[nH]c(CNC(=O)c3ccc(COc4ccc(F)cc4)o3)n2)cc1. The zero-order valence-electron chi connectivity index (χ0n) is 16.6. The van der Waals surface area contributed by atoms with Crippen molar-refractivity contribution in [1.82, 2.24) is 20.5 Å². The molecule has 2 heterocycles. The summed E-state index contributed by atoms with van der Waals surface area (Å²) in [5.74, 6) is 2.15. The highest BCUT2D eigenvalue weighted by atomic mass is 19.1. The van der Waals surface area contributed by atoms with Crippen molar-refractivity contribution in [3.63, 3.8) is 0 Å². The van der Waals surface area contributed by atoms with Crippen molar-refractivity contribution < 1.29 is 23.1 Å². The lowest BCUT2D eigenvalue weighted by Crippen LogP contribution is -2.22. The molecule has 4 rings (SSSR count). The fraction of sp³-hybridized carbons (Fsp3) is 0.136. The highest BCUT2D eigenvalue weighted by Crippen LogP contribution is 2.19. The van der Waals surface area contributed by atoms with Crippen LogP contribution in [0.4, 0.5) is 4.39 Å². The number of methoxy groups -OCH3 is 1. The van der Waals surface area contributed by atoms with Crippen molar-refractivity contribution in [1.29, 1.82) is 0 Å². The molecule has 158 valence electrons. The third kappa shape index (κ3) is 5.08. The van der Waals surface area contributed by atoms with Crippen molar-refractivity contribution in [3.8, 4) is 22.9 Å². The van der Waals surface area contributed by atoms with E-state index in [1.54, 1.807) is 19.2 Å². The van der Waals surface area contributed by atoms with Crippen LogP contribution in [0.2, 0.25) is 0 Å². The Kier molecular flexibility index (Phi) is 5.93. The Morgan fingerprint density at radius 1 is 1.06 bits per heavy atom. The highest BCUT2D eigenvalue weighted by Gasteiger charge is 2.13. The van der Waals surface area contributed by atoms with E-state index >= 15 is 0 Å². The summed E-state index contributed by atoms with van der Waals surface area (Å²) in [6.45, 7) is 0.274. The first kappa shape index (κ1) is 20.1. The van der Waals surface area contributed by atoms with Gasteiger partial charge in [-0.15, -0.1) is 0 Å². The molecule has 0 spiro atoms. The Bertz CT molecular complexity index is 1150. The summed E-state index contributed by atoms with van der Waals surface area (Å²) < 4.78 is 29.1. The average Bonchev–Trinajstić information content (AvgIpc) is 3.47. The van der Waals surface area contributed by atoms with Gasteiger partial charge in [0.2, 0.25) is 0 Å². The predicted molar refractivity (Wildman–Crippen MR) is 109 cm³/mol. The zero-order chi connectivity index (χ0) is 21.6. The Balaban J connectivity index is 1.30. The van der Waals surface area contributed by atoms with E-state index in [0.717, 1.165) is 11.3 Å². The van der Waals surface area contributed by atoms with Crippen LogP contribution < -0.4 is 14.8 Å². The second-order valence-electron chi connectivity index (χ2n) is 6.53. The van der Waals surface area contributed by atoms with Gasteiger partial charge < -0.3 is 19.2 Å². The molecule has 2 aromatic carbocycles. The van der Waals surface area contributed by atoms with Gasteiger partial charge in [0, 0.05) is 5.56 Å². The molecule has 8 nitrogen and oxygen atoms in total. The van der Waals surface area contributed by atoms with Gasteiger partial charge in [-0.2, -0.15) is 5.10 Å². The van der Waals surface area contributed by atoms with Crippen molar-refractivity contribution in [2.75, 3.05) is 7.11 Å². The third-order valence-electron chi connectivity index (χ3n) is 4.38. The van der Waals surface area contributed by atoms with Crippen LogP contribution in [0.1, 0.15) is 22.1 Å². The predicted octanol–water partition coefficient (Wildman–Crippen LogP) is 3.72. The normalized spacial score (nSPS) is 10.6. The van der Waals surface area contributed by atoms with Crippen LogP contribution in [0.25, 0.3) is 11.4 Å². The second kappa shape index (κ2) is 9.12. The molecular formula is C22H19FN4O4. The Morgan fingerprint density at radius 3 is 2.55 bits per heavy atom. The summed E-state index contributed by atoms with van der Waals surface area (Å²) in [5, 5.41) is 9.69. The minimum atomic E-state index is -0.393. The van der Waals surface area contributed by atoms with Crippen molar-refractivity contribution in [2.24, 2.45) is 0 Å². The molecule has 0 aliphatic rings. The van der Waals surface area contributed by atoms with Gasteiger partial charge in [-0.1, -0.05) is 0 Å². The van der Waals surface area contributed by atoms with Gasteiger partial charge in [0.15, 0.2) is 11.6 Å². The lowest BCUT2D eigenvalue weighted by Gasteiger charge is -2.04. The first-order chi connectivity index (χ1) is 15.1. The molecule has 0 aliphatic carbocycles. The molecule has 0 bridgehead atoms. The number of carbonyl (C=O) groups is 1. The zero-order valence-corrected chi connectivity index (χ0v) is 16.6. The minimum Gasteiger partial charge on any atom is -0.497 e. The number of nitrogens with zero attached hydrogens (tertiary/aromatic N) is 2. The van der Waals surface area contributed by atoms with E-state index in [0.29, 0.717) is 23.2 Å². The average molecular weight is 422 g/mol. The first-order valence-corrected chi connectivity index (χ1v) is 9.42. The molecule has 31 heavy (non-hydrogen) atoms. The fourth-order valence-corrected chi connectivity index (χ4v) is 2.76. The van der Waals surface area contributed by atoms with Gasteiger partial charge in [0.25, 0.3) is 5.91 Å². The molecule has 1 amide bonds. The molecule has 2 N–H and O–H groups in total. The van der Waals surface area contributed by atoms with Gasteiger partial charge in [0.1, 0.15) is 35.5 Å². The van der Waals surface area contributed by atoms with Crippen LogP contribution in [0.5, 0.6) is 11.5 Å². The Hall–Kier alpha value is -4.14. The Morgan fingerprint density at radius 2 is 1.81 bits per heavy atom. The molecule has 0 radical (unpaired) electrons. The van der Waals surface area contributed by atoms with Crippen LogP contribution in [-0.2, 0) is 13.2 Å². The molecule has 0 aliphatic heterocycles. The molecule has 9 heteroatoms. The largest absolute Gasteiger partial charge is 0.497 e. The van der Waals surface area contributed by atoms with Crippen molar-refractivity contribution in [3.05, 3.63) is 83.8 Å². The van der Waals surface area contributed by atoms with Crippen molar-refractivity contribution >= 4 is 5.91 Å². The van der Waals surface area contributed by atoms with E-state index in [1.165, 1.54) is 24.3 Å². The number of halogens is 1. The van der Waals surface area contributed by atoms with Gasteiger partial charge in [-0.25, -0.2) is 9.37 Å². The van der Waals surface area contributed by atoms with Gasteiger partial charge in [0.05, 0.1) is 13.7 Å². The number of aromatic nitrogens is 3. The highest BCUT2D eigenvalue weighted by molar-refractivity contribution is 5.91. The maximum Gasteiger partial charge on any atom is 0.287 e. The molecule has 0 fully saturated rings. The number of hydrogen-bond donors (Lipinski definition) is 2. The van der Waals surface area contributed by atoms with E-state index in [1.807, 2.05) is 24.3 Å². The quantitative estimate of drug-likeness (QED) is 0.449. The van der Waals surface area contributed by atoms with Crippen LogP contribution in [0, 0.1) is 5.82 Å². The number of H-pyrrole nitrogens is 1. The fourth-order valence-electron chi connectivity index (χ4n) is 2.76. The maximum absolute atomic E-state index is 12.9. The van der Waals surface area contributed by atoms with E-state index in [9.17, 15) is 9.18 Å². The van der Waals surface area contributed by atoms with Crippen molar-refractivity contribution in [2.45, 2.75) is 13.2 Å². The topological polar surface area (TPSA) is 102 Å². The lowest BCUT2D eigenvalue weighted by molar-refractivity contribution is 0.0918. The second-order valence-corrected chi connectivity index (χ2v) is 6.53. The summed E-state index contributed by atoms with van der Waals surface area (Å²) in [6.07, 6.45) is 0. The van der Waals surface area contributed by atoms with Crippen LogP contribution in [0.15, 0.2) is 65.1 Å². The molecule has 2 aromatic heterocycles. The monoisotopic (exact) mass is 422 g/mol. The van der Waals surface area contributed by atoms with E-state index < -0.39 is 5.91 Å². The van der Waals surface area contributed by atoms with Crippen LogP contribution >= 0.6 is 0 Å². The van der Waals surface area contributed by atoms with E-state index in [2.05, 4.69) is 20.5 Å². The first-order valence-electron chi connectivity index (χ1n) is 9.42. The number of nitrogens with one attached hydrogen (secondary N) is 2.